The lowest BCUT2D eigenvalue weighted by atomic mass is 10.1. The highest BCUT2D eigenvalue weighted by Crippen LogP contribution is 2.42. The van der Waals surface area contributed by atoms with Gasteiger partial charge in [0, 0.05) is 29.2 Å². The number of nitrogens with one attached hydrogen (secondary N) is 1. The maximum Gasteiger partial charge on any atom is 0.407 e. The van der Waals surface area contributed by atoms with E-state index in [0.29, 0.717) is 10.4 Å². The van der Waals surface area contributed by atoms with Crippen LogP contribution >= 0.6 is 11.3 Å². The first-order valence-electron chi connectivity index (χ1n) is 8.24. The maximum absolute atomic E-state index is 14.4. The SMILES string of the molecule is CNC(=O)OCc1sc(S(=O)(=O)c2ccccc2)c(-c2cccnc2F)c1C. The van der Waals surface area contributed by atoms with Crippen molar-refractivity contribution in [3.8, 4) is 11.1 Å². The highest BCUT2D eigenvalue weighted by atomic mass is 32.2. The highest BCUT2D eigenvalue weighted by molar-refractivity contribution is 7.93. The Balaban J connectivity index is 2.21. The number of carbonyl (C=O) groups excluding carboxylic acids is 1. The van der Waals surface area contributed by atoms with Gasteiger partial charge in [0.2, 0.25) is 15.8 Å². The molecule has 1 N–H and O–H groups in total. The summed E-state index contributed by atoms with van der Waals surface area (Å²) in [6, 6.07) is 10.9. The van der Waals surface area contributed by atoms with Crippen molar-refractivity contribution in [3.05, 3.63) is 65.0 Å². The second-order valence-electron chi connectivity index (χ2n) is 5.80. The van der Waals surface area contributed by atoms with Crippen molar-refractivity contribution in [2.45, 2.75) is 22.6 Å². The molecule has 0 atom stereocenters. The fourth-order valence-corrected chi connectivity index (χ4v) is 5.91. The van der Waals surface area contributed by atoms with E-state index >= 15 is 0 Å². The Morgan fingerprint density at radius 3 is 2.57 bits per heavy atom. The van der Waals surface area contributed by atoms with Crippen LogP contribution in [0.1, 0.15) is 10.4 Å². The lowest BCUT2D eigenvalue weighted by molar-refractivity contribution is 0.143. The number of benzene rings is 1. The van der Waals surface area contributed by atoms with Gasteiger partial charge in [-0.1, -0.05) is 18.2 Å². The summed E-state index contributed by atoms with van der Waals surface area (Å²) in [5.74, 6) is -0.772. The van der Waals surface area contributed by atoms with Gasteiger partial charge < -0.3 is 10.1 Å². The third-order valence-electron chi connectivity index (χ3n) is 4.08. The lowest BCUT2D eigenvalue weighted by Crippen LogP contribution is -2.18. The number of rotatable bonds is 5. The largest absolute Gasteiger partial charge is 0.444 e. The minimum atomic E-state index is -3.91. The number of halogens is 1. The summed E-state index contributed by atoms with van der Waals surface area (Å²) in [7, 11) is -2.49. The number of aromatic nitrogens is 1. The Labute approximate surface area is 165 Å². The molecule has 0 spiro atoms. The van der Waals surface area contributed by atoms with Crippen LogP contribution in [-0.4, -0.2) is 26.5 Å². The predicted molar refractivity (Wildman–Crippen MR) is 103 cm³/mol. The van der Waals surface area contributed by atoms with Gasteiger partial charge in [0.05, 0.1) is 4.90 Å². The van der Waals surface area contributed by atoms with Crippen molar-refractivity contribution in [1.82, 2.24) is 10.3 Å². The first kappa shape index (κ1) is 20.0. The van der Waals surface area contributed by atoms with Gasteiger partial charge in [-0.2, -0.15) is 4.39 Å². The van der Waals surface area contributed by atoms with Crippen LogP contribution in [0, 0.1) is 12.9 Å². The van der Waals surface area contributed by atoms with E-state index in [2.05, 4.69) is 10.3 Å². The zero-order valence-corrected chi connectivity index (χ0v) is 16.7. The minimum absolute atomic E-state index is 0.0152. The van der Waals surface area contributed by atoms with Gasteiger partial charge in [0.25, 0.3) is 0 Å². The van der Waals surface area contributed by atoms with Gasteiger partial charge in [-0.3, -0.25) is 0 Å². The number of alkyl carbamates (subject to hydrolysis) is 1. The summed E-state index contributed by atoms with van der Waals surface area (Å²) < 4.78 is 46.0. The predicted octanol–water partition coefficient (Wildman–Crippen LogP) is 3.95. The molecule has 3 aromatic rings. The van der Waals surface area contributed by atoms with Gasteiger partial charge in [-0.15, -0.1) is 11.3 Å². The molecule has 0 saturated heterocycles. The lowest BCUT2D eigenvalue weighted by Gasteiger charge is -2.08. The number of hydrogen-bond acceptors (Lipinski definition) is 6. The standard InChI is InChI=1S/C19H17FN2O4S2/c1-12-15(11-26-19(23)21-2)27-18(16(12)14-9-6-10-22-17(14)20)28(24,25)13-7-4-3-5-8-13/h3-10H,11H2,1-2H3,(H,21,23). The Morgan fingerprint density at radius 2 is 1.93 bits per heavy atom. The quantitative estimate of drug-likeness (QED) is 0.632. The van der Waals surface area contributed by atoms with Crippen LogP contribution < -0.4 is 5.32 Å². The van der Waals surface area contributed by atoms with E-state index in [0.717, 1.165) is 11.3 Å². The van der Waals surface area contributed by atoms with Crippen LogP contribution in [-0.2, 0) is 21.2 Å². The molecule has 28 heavy (non-hydrogen) atoms. The molecule has 146 valence electrons. The number of sulfone groups is 1. The maximum atomic E-state index is 14.4. The summed E-state index contributed by atoms with van der Waals surface area (Å²) in [5, 5.41) is 2.33. The topological polar surface area (TPSA) is 85.4 Å². The summed E-state index contributed by atoms with van der Waals surface area (Å²) in [6.45, 7) is 1.54. The van der Waals surface area contributed by atoms with Crippen LogP contribution in [0.25, 0.3) is 11.1 Å². The van der Waals surface area contributed by atoms with E-state index in [9.17, 15) is 17.6 Å². The molecule has 0 bridgehead atoms. The Bertz CT molecular complexity index is 1110. The van der Waals surface area contributed by atoms with Crippen molar-refractivity contribution in [2.75, 3.05) is 7.05 Å². The van der Waals surface area contributed by atoms with Gasteiger partial charge in [-0.05, 0) is 36.8 Å². The van der Waals surface area contributed by atoms with Crippen LogP contribution in [0.15, 0.2) is 57.8 Å². The molecule has 2 aromatic heterocycles. The van der Waals surface area contributed by atoms with E-state index in [1.54, 1.807) is 25.1 Å². The fourth-order valence-electron chi connectivity index (χ4n) is 2.65. The molecule has 3 rings (SSSR count). The molecular formula is C19H17FN2O4S2. The second-order valence-corrected chi connectivity index (χ2v) is 9.05. The summed E-state index contributed by atoms with van der Waals surface area (Å²) in [4.78, 5) is 15.7. The molecule has 9 heteroatoms. The Morgan fingerprint density at radius 1 is 1.21 bits per heavy atom. The molecular weight excluding hydrogens is 403 g/mol. The highest BCUT2D eigenvalue weighted by Gasteiger charge is 2.29. The monoisotopic (exact) mass is 420 g/mol. The molecule has 0 fully saturated rings. The van der Waals surface area contributed by atoms with Crippen molar-refractivity contribution in [2.24, 2.45) is 0 Å². The van der Waals surface area contributed by atoms with Crippen LogP contribution in [0.5, 0.6) is 0 Å². The number of carbonyl (C=O) groups is 1. The molecule has 6 nitrogen and oxygen atoms in total. The summed E-state index contributed by atoms with van der Waals surface area (Å²) in [6.07, 6.45) is 0.649. The average molecular weight is 420 g/mol. The van der Waals surface area contributed by atoms with Crippen molar-refractivity contribution >= 4 is 27.3 Å². The molecule has 0 radical (unpaired) electrons. The van der Waals surface area contributed by atoms with Crippen LogP contribution in [0.3, 0.4) is 0 Å². The summed E-state index contributed by atoms with van der Waals surface area (Å²) >= 11 is 0.957. The average Bonchev–Trinajstić information content (AvgIpc) is 3.04. The van der Waals surface area contributed by atoms with E-state index in [4.69, 9.17) is 4.74 Å². The van der Waals surface area contributed by atoms with Crippen LogP contribution in [0.4, 0.5) is 9.18 Å². The molecule has 0 saturated carbocycles. The Hall–Kier alpha value is -2.78. The van der Waals surface area contributed by atoms with Crippen molar-refractivity contribution in [1.29, 1.82) is 0 Å². The summed E-state index contributed by atoms with van der Waals surface area (Å²) in [5.41, 5.74) is 0.835. The second kappa shape index (κ2) is 8.07. The van der Waals surface area contributed by atoms with Gasteiger partial charge in [0.15, 0.2) is 0 Å². The number of amides is 1. The smallest absolute Gasteiger partial charge is 0.407 e. The zero-order chi connectivity index (χ0) is 20.3. The number of hydrogen-bond donors (Lipinski definition) is 1. The molecule has 0 aliphatic carbocycles. The van der Waals surface area contributed by atoms with Gasteiger partial charge >= 0.3 is 6.09 Å². The molecule has 2 heterocycles. The van der Waals surface area contributed by atoms with Crippen molar-refractivity contribution in [3.63, 3.8) is 0 Å². The van der Waals surface area contributed by atoms with E-state index in [1.807, 2.05) is 0 Å². The molecule has 1 aromatic carbocycles. The molecule has 1 amide bonds. The minimum Gasteiger partial charge on any atom is -0.444 e. The number of thiophene rings is 1. The van der Waals surface area contributed by atoms with E-state index in [1.165, 1.54) is 37.5 Å². The molecule has 0 unspecified atom stereocenters. The van der Waals surface area contributed by atoms with Gasteiger partial charge in [0.1, 0.15) is 10.8 Å². The molecule has 0 aliphatic rings. The fraction of sp³-hybridized carbons (Fsp3) is 0.158. The normalized spacial score (nSPS) is 11.2. The van der Waals surface area contributed by atoms with Crippen LogP contribution in [0.2, 0.25) is 0 Å². The molecule has 0 aliphatic heterocycles. The first-order chi connectivity index (χ1) is 13.4. The Kier molecular flexibility index (Phi) is 5.76. The third kappa shape index (κ3) is 3.76. The third-order valence-corrected chi connectivity index (χ3v) is 7.63. The number of ether oxygens (including phenoxy) is 1. The van der Waals surface area contributed by atoms with E-state index in [-0.39, 0.29) is 26.8 Å². The van der Waals surface area contributed by atoms with Gasteiger partial charge in [-0.25, -0.2) is 18.2 Å². The first-order valence-corrected chi connectivity index (χ1v) is 10.5. The number of nitrogens with zero attached hydrogens (tertiary/aromatic N) is 1. The number of pyridine rings is 1. The zero-order valence-electron chi connectivity index (χ0n) is 15.1. The van der Waals surface area contributed by atoms with Crippen molar-refractivity contribution < 1.29 is 22.3 Å². The van der Waals surface area contributed by atoms with E-state index < -0.39 is 21.9 Å².